The molecule has 1 fully saturated rings. The Bertz CT molecular complexity index is 737. The lowest BCUT2D eigenvalue weighted by Crippen LogP contribution is -2.54. The van der Waals surface area contributed by atoms with Gasteiger partial charge >= 0.3 is 6.09 Å². The van der Waals surface area contributed by atoms with Crippen molar-refractivity contribution in [2.24, 2.45) is 4.99 Å². The normalized spacial score (nSPS) is 16.0. The molecule has 31 heavy (non-hydrogen) atoms. The number of benzene rings is 1. The van der Waals surface area contributed by atoms with Crippen molar-refractivity contribution in [3.8, 4) is 0 Å². The van der Waals surface area contributed by atoms with Gasteiger partial charge in [0.1, 0.15) is 5.60 Å². The van der Waals surface area contributed by atoms with Crippen LogP contribution in [0.1, 0.15) is 45.7 Å². The molecule has 1 saturated heterocycles. The average Bonchev–Trinajstić information content (AvgIpc) is 2.68. The van der Waals surface area contributed by atoms with Gasteiger partial charge in [0, 0.05) is 39.8 Å². The molecule has 0 radical (unpaired) electrons. The zero-order valence-electron chi connectivity index (χ0n) is 19.9. The molecule has 0 unspecified atom stereocenters. The highest BCUT2D eigenvalue weighted by Gasteiger charge is 2.24. The number of hydrogen-bond donors (Lipinski definition) is 3. The van der Waals surface area contributed by atoms with Gasteiger partial charge in [0.05, 0.1) is 18.8 Å². The van der Waals surface area contributed by atoms with E-state index in [1.165, 1.54) is 11.1 Å². The molecule has 1 aromatic carbocycles. The first kappa shape index (κ1) is 24.9. The van der Waals surface area contributed by atoms with E-state index in [9.17, 15) is 4.79 Å². The van der Waals surface area contributed by atoms with Crippen LogP contribution in [0.4, 0.5) is 4.79 Å². The Hall–Kier alpha value is -2.32. The predicted octanol–water partition coefficient (Wildman–Crippen LogP) is 2.49. The molecule has 0 aromatic heterocycles. The van der Waals surface area contributed by atoms with Crippen molar-refractivity contribution in [1.29, 1.82) is 0 Å². The summed E-state index contributed by atoms with van der Waals surface area (Å²) < 4.78 is 10.8. The van der Waals surface area contributed by atoms with Gasteiger partial charge in [0.15, 0.2) is 5.96 Å². The van der Waals surface area contributed by atoms with Crippen LogP contribution in [-0.4, -0.2) is 68.0 Å². The predicted molar refractivity (Wildman–Crippen MR) is 124 cm³/mol. The van der Waals surface area contributed by atoms with Gasteiger partial charge in [-0.05, 0) is 45.7 Å². The topological polar surface area (TPSA) is 87.2 Å². The SMILES string of the molecule is CN=C(NCc1ccccc1CN1CCOCC1)NCC(C)(C)NC(=O)OC(C)(C)C. The third-order valence-corrected chi connectivity index (χ3v) is 4.82. The number of nitrogens with one attached hydrogen (secondary N) is 3. The van der Waals surface area contributed by atoms with Crippen LogP contribution in [0.2, 0.25) is 0 Å². The summed E-state index contributed by atoms with van der Waals surface area (Å²) in [5.74, 6) is 0.681. The van der Waals surface area contributed by atoms with Gasteiger partial charge in [-0.15, -0.1) is 0 Å². The number of carbonyl (C=O) groups is 1. The number of ether oxygens (including phenoxy) is 2. The van der Waals surface area contributed by atoms with Gasteiger partial charge in [0.25, 0.3) is 0 Å². The van der Waals surface area contributed by atoms with Crippen molar-refractivity contribution in [3.05, 3.63) is 35.4 Å². The van der Waals surface area contributed by atoms with Gasteiger partial charge in [-0.2, -0.15) is 0 Å². The van der Waals surface area contributed by atoms with E-state index in [4.69, 9.17) is 9.47 Å². The molecule has 0 aliphatic carbocycles. The molecule has 1 amide bonds. The molecular weight excluding hydrogens is 394 g/mol. The Kier molecular flexibility index (Phi) is 9.13. The molecule has 1 heterocycles. The molecule has 174 valence electrons. The number of amides is 1. The van der Waals surface area contributed by atoms with Gasteiger partial charge in [0.2, 0.25) is 0 Å². The number of alkyl carbamates (subject to hydrolysis) is 1. The maximum atomic E-state index is 12.1. The van der Waals surface area contributed by atoms with E-state index in [1.54, 1.807) is 7.05 Å². The molecule has 0 bridgehead atoms. The Balaban J connectivity index is 1.86. The van der Waals surface area contributed by atoms with E-state index < -0.39 is 17.2 Å². The van der Waals surface area contributed by atoms with Gasteiger partial charge in [-0.25, -0.2) is 4.79 Å². The maximum absolute atomic E-state index is 12.1. The molecule has 1 aromatic rings. The minimum Gasteiger partial charge on any atom is -0.444 e. The molecule has 8 heteroatoms. The number of guanidine groups is 1. The van der Waals surface area contributed by atoms with Crippen molar-refractivity contribution in [2.75, 3.05) is 39.9 Å². The number of aliphatic imine (C=N–C) groups is 1. The van der Waals surface area contributed by atoms with Gasteiger partial charge < -0.3 is 25.4 Å². The summed E-state index contributed by atoms with van der Waals surface area (Å²) in [6.07, 6.45) is -0.431. The Morgan fingerprint density at radius 1 is 1.10 bits per heavy atom. The second-order valence-electron chi connectivity index (χ2n) is 9.45. The van der Waals surface area contributed by atoms with Crippen LogP contribution in [0.5, 0.6) is 0 Å². The average molecular weight is 434 g/mol. The van der Waals surface area contributed by atoms with Crippen LogP contribution in [0, 0.1) is 0 Å². The Labute approximate surface area is 186 Å². The van der Waals surface area contributed by atoms with E-state index >= 15 is 0 Å². The molecule has 0 saturated carbocycles. The highest BCUT2D eigenvalue weighted by Crippen LogP contribution is 2.13. The monoisotopic (exact) mass is 433 g/mol. The summed E-state index contributed by atoms with van der Waals surface area (Å²) in [7, 11) is 1.74. The van der Waals surface area contributed by atoms with Crippen molar-refractivity contribution >= 4 is 12.1 Å². The fraction of sp³-hybridized carbons (Fsp3) is 0.652. The Morgan fingerprint density at radius 3 is 2.35 bits per heavy atom. The van der Waals surface area contributed by atoms with E-state index in [1.807, 2.05) is 34.6 Å². The van der Waals surface area contributed by atoms with Crippen LogP contribution >= 0.6 is 0 Å². The van der Waals surface area contributed by atoms with Gasteiger partial charge in [-0.1, -0.05) is 24.3 Å². The third kappa shape index (κ3) is 9.57. The van der Waals surface area contributed by atoms with Crippen LogP contribution in [0.3, 0.4) is 0 Å². The minimum atomic E-state index is -0.528. The second kappa shape index (κ2) is 11.3. The zero-order valence-corrected chi connectivity index (χ0v) is 19.9. The molecule has 2 rings (SSSR count). The lowest BCUT2D eigenvalue weighted by Gasteiger charge is -2.29. The van der Waals surface area contributed by atoms with Crippen molar-refractivity contribution in [2.45, 2.75) is 58.8 Å². The van der Waals surface area contributed by atoms with Crippen LogP contribution in [-0.2, 0) is 22.6 Å². The highest BCUT2D eigenvalue weighted by atomic mass is 16.6. The number of rotatable bonds is 7. The van der Waals surface area contributed by atoms with Crippen molar-refractivity contribution in [3.63, 3.8) is 0 Å². The first-order valence-corrected chi connectivity index (χ1v) is 10.9. The van der Waals surface area contributed by atoms with E-state index in [0.717, 1.165) is 32.8 Å². The first-order chi connectivity index (χ1) is 14.6. The molecule has 1 aliphatic heterocycles. The lowest BCUT2D eigenvalue weighted by molar-refractivity contribution is 0.0340. The fourth-order valence-corrected chi connectivity index (χ4v) is 3.21. The minimum absolute atomic E-state index is 0.431. The van der Waals surface area contributed by atoms with Crippen LogP contribution in [0.15, 0.2) is 29.3 Å². The largest absolute Gasteiger partial charge is 0.444 e. The lowest BCUT2D eigenvalue weighted by atomic mass is 10.1. The molecule has 0 spiro atoms. The fourth-order valence-electron chi connectivity index (χ4n) is 3.21. The standard InChI is InChI=1S/C23H39N5O3/c1-22(2,3)31-21(29)27-23(4,5)17-26-20(24-6)25-15-18-9-7-8-10-19(18)16-28-11-13-30-14-12-28/h7-10H,11-17H2,1-6H3,(H,27,29)(H2,24,25,26). The quantitative estimate of drug-likeness (QED) is 0.452. The van der Waals surface area contributed by atoms with Crippen LogP contribution in [0.25, 0.3) is 0 Å². The summed E-state index contributed by atoms with van der Waals surface area (Å²) in [4.78, 5) is 18.8. The first-order valence-electron chi connectivity index (χ1n) is 10.9. The summed E-state index contributed by atoms with van der Waals surface area (Å²) in [6, 6.07) is 8.46. The molecule has 8 nitrogen and oxygen atoms in total. The van der Waals surface area contributed by atoms with Crippen LogP contribution < -0.4 is 16.0 Å². The number of hydrogen-bond acceptors (Lipinski definition) is 5. The zero-order chi connectivity index (χ0) is 22.9. The summed E-state index contributed by atoms with van der Waals surface area (Å²) in [6.45, 7) is 15.0. The molecular formula is C23H39N5O3. The Morgan fingerprint density at radius 2 is 1.74 bits per heavy atom. The third-order valence-electron chi connectivity index (χ3n) is 4.82. The molecule has 1 aliphatic rings. The number of nitrogens with zero attached hydrogens (tertiary/aromatic N) is 2. The van der Waals surface area contributed by atoms with Crippen molar-refractivity contribution < 1.29 is 14.3 Å². The summed E-state index contributed by atoms with van der Waals surface area (Å²) >= 11 is 0. The number of carbonyl (C=O) groups excluding carboxylic acids is 1. The molecule has 0 atom stereocenters. The molecule has 3 N–H and O–H groups in total. The maximum Gasteiger partial charge on any atom is 0.408 e. The smallest absolute Gasteiger partial charge is 0.408 e. The summed E-state index contributed by atoms with van der Waals surface area (Å²) in [5, 5.41) is 9.57. The van der Waals surface area contributed by atoms with E-state index in [-0.39, 0.29) is 0 Å². The van der Waals surface area contributed by atoms with E-state index in [0.29, 0.717) is 19.0 Å². The summed E-state index contributed by atoms with van der Waals surface area (Å²) in [5.41, 5.74) is 1.51. The number of morpholine rings is 1. The van der Waals surface area contributed by atoms with E-state index in [2.05, 4.69) is 50.1 Å². The van der Waals surface area contributed by atoms with Crippen molar-refractivity contribution in [1.82, 2.24) is 20.9 Å². The van der Waals surface area contributed by atoms with Gasteiger partial charge in [-0.3, -0.25) is 9.89 Å². The highest BCUT2D eigenvalue weighted by molar-refractivity contribution is 5.79. The second-order valence-corrected chi connectivity index (χ2v) is 9.45.